The number of ether oxygens (including phenoxy) is 2. The quantitative estimate of drug-likeness (QED) is 0.550. The summed E-state index contributed by atoms with van der Waals surface area (Å²) in [5.74, 6) is 1.56. The molecule has 1 aliphatic rings. The number of alkyl halides is 3. The van der Waals surface area contributed by atoms with Crippen LogP contribution < -0.4 is 9.47 Å². The zero-order chi connectivity index (χ0) is 21.2. The summed E-state index contributed by atoms with van der Waals surface area (Å²) in [7, 11) is 3.97. The fourth-order valence-electron chi connectivity index (χ4n) is 3.76. The van der Waals surface area contributed by atoms with E-state index in [1.807, 2.05) is 51.0 Å². The van der Waals surface area contributed by atoms with E-state index in [0.29, 0.717) is 18.6 Å². The Balaban J connectivity index is 0.00000320. The van der Waals surface area contributed by atoms with Gasteiger partial charge in [-0.25, -0.2) is 0 Å². The summed E-state index contributed by atoms with van der Waals surface area (Å²) < 4.78 is 51.2. The van der Waals surface area contributed by atoms with Crippen molar-refractivity contribution in [2.24, 2.45) is 0 Å². The van der Waals surface area contributed by atoms with Crippen molar-refractivity contribution >= 4 is 12.4 Å². The van der Waals surface area contributed by atoms with Crippen LogP contribution >= 0.6 is 12.4 Å². The first kappa shape index (κ1) is 24.4. The molecular weight excluding hydrogens is 415 g/mol. The maximum Gasteiger partial charge on any atom is 0.416 e. The van der Waals surface area contributed by atoms with E-state index < -0.39 is 17.3 Å². The third kappa shape index (κ3) is 6.29. The second-order valence-electron chi connectivity index (χ2n) is 8.52. The average molecular weight is 444 g/mol. The molecule has 166 valence electrons. The first-order valence-electron chi connectivity index (χ1n) is 9.80. The van der Waals surface area contributed by atoms with Gasteiger partial charge in [-0.3, -0.25) is 0 Å². The monoisotopic (exact) mass is 443 g/mol. The zero-order valence-corrected chi connectivity index (χ0v) is 18.6. The highest BCUT2D eigenvalue weighted by atomic mass is 35.5. The molecule has 0 fully saturated rings. The molecule has 0 aliphatic carbocycles. The summed E-state index contributed by atoms with van der Waals surface area (Å²) in [6.07, 6.45) is -3.07. The van der Waals surface area contributed by atoms with Gasteiger partial charge in [-0.1, -0.05) is 24.3 Å². The predicted molar refractivity (Wildman–Crippen MR) is 115 cm³/mol. The molecule has 0 N–H and O–H groups in total. The van der Waals surface area contributed by atoms with Crippen LogP contribution in [0.3, 0.4) is 0 Å². The number of fused-ring (bicyclic) bond motifs is 1. The Bertz CT molecular complexity index is 853. The van der Waals surface area contributed by atoms with Gasteiger partial charge in [-0.05, 0) is 70.0 Å². The van der Waals surface area contributed by atoms with Crippen LogP contribution in [0.5, 0.6) is 11.5 Å². The molecule has 7 heteroatoms. The molecule has 1 unspecified atom stereocenters. The Morgan fingerprint density at radius 2 is 1.87 bits per heavy atom. The second kappa shape index (κ2) is 9.48. The van der Waals surface area contributed by atoms with E-state index in [1.165, 1.54) is 12.1 Å². The molecule has 1 aliphatic heterocycles. The molecule has 0 saturated heterocycles. The number of hydrogen-bond acceptors (Lipinski definition) is 3. The summed E-state index contributed by atoms with van der Waals surface area (Å²) in [4.78, 5) is 2.04. The number of hydrogen-bond donors (Lipinski definition) is 0. The van der Waals surface area contributed by atoms with Gasteiger partial charge in [0.25, 0.3) is 0 Å². The zero-order valence-electron chi connectivity index (χ0n) is 17.8. The summed E-state index contributed by atoms with van der Waals surface area (Å²) in [6.45, 7) is 5.40. The fraction of sp³-hybridized carbons (Fsp3) is 0.478. The van der Waals surface area contributed by atoms with E-state index in [9.17, 15) is 13.2 Å². The van der Waals surface area contributed by atoms with E-state index >= 15 is 0 Å². The highest BCUT2D eigenvalue weighted by molar-refractivity contribution is 5.85. The summed E-state index contributed by atoms with van der Waals surface area (Å²) >= 11 is 0. The van der Waals surface area contributed by atoms with Gasteiger partial charge in [0.05, 0.1) is 5.56 Å². The van der Waals surface area contributed by atoms with Crippen LogP contribution in [0.2, 0.25) is 0 Å². The lowest BCUT2D eigenvalue weighted by atomic mass is 9.80. The first-order valence-corrected chi connectivity index (χ1v) is 9.80. The SMILES string of the molecule is CN(C)CCOc1ccc2c(c1)OC(C)(C)CC2Cc1cccc(C(F)(F)F)c1.Cl. The molecule has 0 aromatic heterocycles. The Kier molecular flexibility index (Phi) is 7.69. The largest absolute Gasteiger partial charge is 0.492 e. The van der Waals surface area contributed by atoms with Crippen LogP contribution in [0.25, 0.3) is 0 Å². The normalized spacial score (nSPS) is 17.7. The number of benzene rings is 2. The predicted octanol–water partition coefficient (Wildman–Crippen LogP) is 5.96. The number of nitrogens with zero attached hydrogens (tertiary/aromatic N) is 1. The summed E-state index contributed by atoms with van der Waals surface area (Å²) in [6, 6.07) is 11.4. The van der Waals surface area contributed by atoms with Gasteiger partial charge in [0.2, 0.25) is 0 Å². The van der Waals surface area contributed by atoms with Crippen molar-refractivity contribution in [3.63, 3.8) is 0 Å². The molecule has 3 nitrogen and oxygen atoms in total. The number of likely N-dealkylation sites (N-methyl/N-ethyl adjacent to an activating group) is 1. The lowest BCUT2D eigenvalue weighted by Crippen LogP contribution is -2.35. The highest BCUT2D eigenvalue weighted by Gasteiger charge is 2.35. The van der Waals surface area contributed by atoms with Crippen LogP contribution in [0.15, 0.2) is 42.5 Å². The van der Waals surface area contributed by atoms with Crippen molar-refractivity contribution in [3.8, 4) is 11.5 Å². The van der Waals surface area contributed by atoms with Crippen LogP contribution in [0.1, 0.15) is 42.9 Å². The molecule has 1 heterocycles. The van der Waals surface area contributed by atoms with Gasteiger partial charge < -0.3 is 14.4 Å². The molecule has 0 saturated carbocycles. The minimum absolute atomic E-state index is 0. The van der Waals surface area contributed by atoms with E-state index in [0.717, 1.165) is 36.1 Å². The molecule has 1 atom stereocenters. The molecule has 0 bridgehead atoms. The van der Waals surface area contributed by atoms with Crippen LogP contribution in [0.4, 0.5) is 13.2 Å². The van der Waals surface area contributed by atoms with Gasteiger partial charge in [0, 0.05) is 12.6 Å². The van der Waals surface area contributed by atoms with Crippen LogP contribution in [-0.2, 0) is 12.6 Å². The standard InChI is InChI=1S/C23H28F3NO2.ClH/c1-22(2)15-17(12-16-6-5-7-18(13-16)23(24,25)26)20-9-8-19(14-21(20)29-22)28-11-10-27(3)4;/h5-9,13-14,17H,10-12,15H2,1-4H3;1H. The third-order valence-corrected chi connectivity index (χ3v) is 5.09. The van der Waals surface area contributed by atoms with Crippen molar-refractivity contribution in [1.29, 1.82) is 0 Å². The van der Waals surface area contributed by atoms with Crippen molar-refractivity contribution < 1.29 is 22.6 Å². The van der Waals surface area contributed by atoms with E-state index in [2.05, 4.69) is 0 Å². The van der Waals surface area contributed by atoms with E-state index in [1.54, 1.807) is 6.07 Å². The minimum atomic E-state index is -4.33. The van der Waals surface area contributed by atoms with Crippen molar-refractivity contribution in [3.05, 3.63) is 59.2 Å². The Morgan fingerprint density at radius 1 is 1.13 bits per heavy atom. The molecule has 0 radical (unpaired) electrons. The van der Waals surface area contributed by atoms with E-state index in [-0.39, 0.29) is 18.3 Å². The maximum atomic E-state index is 13.1. The van der Waals surface area contributed by atoms with Crippen molar-refractivity contribution in [2.45, 2.75) is 44.4 Å². The Hall–Kier alpha value is -1.92. The fourth-order valence-corrected chi connectivity index (χ4v) is 3.76. The summed E-state index contributed by atoms with van der Waals surface area (Å²) in [5, 5.41) is 0. The van der Waals surface area contributed by atoms with Gasteiger partial charge >= 0.3 is 6.18 Å². The Morgan fingerprint density at radius 3 is 2.53 bits per heavy atom. The molecule has 2 aromatic carbocycles. The van der Waals surface area contributed by atoms with Crippen LogP contribution in [-0.4, -0.2) is 37.7 Å². The van der Waals surface area contributed by atoms with Gasteiger partial charge in [0.1, 0.15) is 23.7 Å². The molecule has 0 spiro atoms. The average Bonchev–Trinajstić information content (AvgIpc) is 2.59. The van der Waals surface area contributed by atoms with Gasteiger partial charge in [0.15, 0.2) is 0 Å². The molecule has 2 aromatic rings. The summed E-state index contributed by atoms with van der Waals surface area (Å²) in [5.41, 5.74) is 0.689. The lowest BCUT2D eigenvalue weighted by molar-refractivity contribution is -0.137. The van der Waals surface area contributed by atoms with Gasteiger partial charge in [-0.2, -0.15) is 13.2 Å². The second-order valence-corrected chi connectivity index (χ2v) is 8.52. The molecule has 30 heavy (non-hydrogen) atoms. The Labute approximate surface area is 182 Å². The molecule has 0 amide bonds. The lowest BCUT2D eigenvalue weighted by Gasteiger charge is -2.38. The molecule has 3 rings (SSSR count). The topological polar surface area (TPSA) is 21.7 Å². The van der Waals surface area contributed by atoms with E-state index in [4.69, 9.17) is 9.47 Å². The number of rotatable bonds is 6. The maximum absolute atomic E-state index is 13.1. The minimum Gasteiger partial charge on any atom is -0.492 e. The smallest absolute Gasteiger partial charge is 0.416 e. The van der Waals surface area contributed by atoms with Crippen molar-refractivity contribution in [1.82, 2.24) is 4.90 Å². The number of halogens is 4. The van der Waals surface area contributed by atoms with Gasteiger partial charge in [-0.15, -0.1) is 12.4 Å². The molecular formula is C23H29ClF3NO2. The highest BCUT2D eigenvalue weighted by Crippen LogP contribution is 2.44. The third-order valence-electron chi connectivity index (χ3n) is 5.09. The van der Waals surface area contributed by atoms with Crippen LogP contribution in [0, 0.1) is 0 Å². The first-order chi connectivity index (χ1) is 13.5. The van der Waals surface area contributed by atoms with Crippen molar-refractivity contribution in [2.75, 3.05) is 27.2 Å².